The first kappa shape index (κ1) is 62.2. The molecule has 8 aromatic rings. The van der Waals surface area contributed by atoms with Crippen molar-refractivity contribution >= 4 is 118 Å². The first-order chi connectivity index (χ1) is 39.9. The highest BCUT2D eigenvalue weighted by Crippen LogP contribution is 2.41. The maximum absolute atomic E-state index is 12.8. The molecule has 2 heterocycles. The van der Waals surface area contributed by atoms with Crippen LogP contribution in [-0.4, -0.2) is 130 Å². The lowest BCUT2D eigenvalue weighted by Gasteiger charge is -2.12. The van der Waals surface area contributed by atoms with E-state index in [-0.39, 0.29) is 11.4 Å². The predicted molar refractivity (Wildman–Crippen MR) is 285 cm³/mol. The van der Waals surface area contributed by atoms with Crippen molar-refractivity contribution in [2.75, 3.05) is 0 Å². The molecule has 0 unspecified atom stereocenters. The van der Waals surface area contributed by atoms with Gasteiger partial charge in [0.25, 0.3) is 60.7 Å². The molecule has 0 amide bonds. The van der Waals surface area contributed by atoms with Crippen LogP contribution in [0.1, 0.15) is 21.0 Å². The fraction of sp³-hybridized carbons (Fsp3) is 0. The summed E-state index contributed by atoms with van der Waals surface area (Å²) in [5, 5.41) is 78.1. The molecular formula is C44H30N12O24S6. The third-order valence-electron chi connectivity index (χ3n) is 11.1. The van der Waals surface area contributed by atoms with Gasteiger partial charge < -0.3 is 20.4 Å². The van der Waals surface area contributed by atoms with Crippen LogP contribution in [0.4, 0.5) is 45.5 Å². The third-order valence-corrected chi connectivity index (χ3v) is 16.4. The number of aromatic hydroxyl groups is 2. The van der Waals surface area contributed by atoms with Crippen LogP contribution in [0, 0.1) is 0 Å². The molecule has 446 valence electrons. The molecule has 8 rings (SSSR count). The van der Waals surface area contributed by atoms with E-state index in [9.17, 15) is 108 Å². The first-order valence-electron chi connectivity index (χ1n) is 22.3. The molecule has 42 heteroatoms. The van der Waals surface area contributed by atoms with E-state index in [1.165, 1.54) is 0 Å². The van der Waals surface area contributed by atoms with E-state index in [0.29, 0.717) is 33.6 Å². The van der Waals surface area contributed by atoms with Gasteiger partial charge >= 0.3 is 11.9 Å². The monoisotopic (exact) mass is 1300 g/mol. The fourth-order valence-electron chi connectivity index (χ4n) is 7.32. The quantitative estimate of drug-likeness (QED) is 0.0274. The molecule has 0 fully saturated rings. The molecule has 0 aliphatic heterocycles. The number of benzene rings is 6. The van der Waals surface area contributed by atoms with E-state index in [1.807, 2.05) is 0 Å². The molecule has 0 saturated carbocycles. The summed E-state index contributed by atoms with van der Waals surface area (Å²) in [6, 6.07) is 17.8. The number of nitrogens with zero attached hydrogens (tertiary/aromatic N) is 12. The van der Waals surface area contributed by atoms with Gasteiger partial charge in [0.15, 0.2) is 11.4 Å². The van der Waals surface area contributed by atoms with Crippen molar-refractivity contribution in [2.45, 2.75) is 29.4 Å². The van der Waals surface area contributed by atoms with Gasteiger partial charge in [-0.2, -0.15) is 90.5 Å². The lowest BCUT2D eigenvalue weighted by atomic mass is 10.0. The Morgan fingerprint density at radius 2 is 0.628 bits per heavy atom. The molecule has 0 spiro atoms. The number of azo groups is 4. The second kappa shape index (κ2) is 23.0. The largest absolute Gasteiger partial charge is 0.492 e. The van der Waals surface area contributed by atoms with Crippen LogP contribution in [0.15, 0.2) is 192 Å². The molecule has 86 heavy (non-hydrogen) atoms. The zero-order valence-corrected chi connectivity index (χ0v) is 46.4. The molecule has 0 bridgehead atoms. The van der Waals surface area contributed by atoms with Crippen molar-refractivity contribution < 1.29 is 108 Å². The van der Waals surface area contributed by atoms with Crippen molar-refractivity contribution in [1.82, 2.24) is 19.6 Å². The van der Waals surface area contributed by atoms with Crippen LogP contribution >= 0.6 is 0 Å². The minimum Gasteiger partial charge on any atom is -0.492 e. The summed E-state index contributed by atoms with van der Waals surface area (Å²) in [7, 11) is -30.5. The Hall–Kier alpha value is -9.86. The zero-order valence-electron chi connectivity index (χ0n) is 41.6. The summed E-state index contributed by atoms with van der Waals surface area (Å²) in [6.07, 6.45) is 0. The lowest BCUT2D eigenvalue weighted by Crippen LogP contribution is -2.05. The minimum absolute atomic E-state index is 0.146. The molecular weight excluding hydrogens is 1270 g/mol. The topological polar surface area (TPSA) is 576 Å². The number of aromatic nitrogens is 4. The molecule has 0 atom stereocenters. The summed E-state index contributed by atoms with van der Waals surface area (Å²) < 4.78 is 207. The molecule has 0 aliphatic carbocycles. The maximum Gasteiger partial charge on any atom is 0.358 e. The van der Waals surface area contributed by atoms with Gasteiger partial charge in [0.05, 0.1) is 43.9 Å². The highest BCUT2D eigenvalue weighted by atomic mass is 32.2. The van der Waals surface area contributed by atoms with Crippen LogP contribution in [0.5, 0.6) is 11.8 Å². The van der Waals surface area contributed by atoms with Gasteiger partial charge in [0, 0.05) is 11.1 Å². The van der Waals surface area contributed by atoms with Crippen LogP contribution < -0.4 is 0 Å². The van der Waals surface area contributed by atoms with Crippen LogP contribution in [0.3, 0.4) is 0 Å². The standard InChI is InChI=1S/C44H30N12O24S6/c57-41-37(39(43(59)60)53-55(41)25-5-9-27(10-6-25)81(63,64)65)51-49-31-15-3-23(19-35(31)85(75,76)77)47-45-21-1-13-29(33(17-21)83(69,70)71)30-14-2-22(18-34(30)84(72,73)74)46-48-24-4-16-32(36(20-24)86(78,79)80)50-52-38-40(44(61)62)54-56(42(38)58)26-7-11-28(12-8-26)82(66,67)68/h1-20,57-58H,(H,59,60)(H,61,62)(H,63,64,65)(H,66,67,68)(H,69,70,71)(H,72,73,74)(H,75,76,77)(H,78,79,80). The molecule has 36 nitrogen and oxygen atoms in total. The summed E-state index contributed by atoms with van der Waals surface area (Å²) in [5.41, 5.74) is -8.21. The number of carboxylic acids is 2. The number of carbonyl (C=O) groups is 2. The van der Waals surface area contributed by atoms with Gasteiger partial charge in [-0.3, -0.25) is 27.3 Å². The fourth-order valence-corrected chi connectivity index (χ4v) is 11.0. The number of hydrogen-bond donors (Lipinski definition) is 10. The highest BCUT2D eigenvalue weighted by Gasteiger charge is 2.29. The Morgan fingerprint density at radius 1 is 0.349 bits per heavy atom. The van der Waals surface area contributed by atoms with Gasteiger partial charge in [-0.1, -0.05) is 12.1 Å². The molecule has 6 aromatic carbocycles. The molecule has 0 saturated heterocycles. The molecule has 2 aromatic heterocycles. The Morgan fingerprint density at radius 3 is 0.895 bits per heavy atom. The van der Waals surface area contributed by atoms with Crippen LogP contribution in [0.2, 0.25) is 0 Å². The number of aromatic carboxylic acids is 2. The summed E-state index contributed by atoms with van der Waals surface area (Å²) in [4.78, 5) is 18.7. The van der Waals surface area contributed by atoms with Gasteiger partial charge in [0.1, 0.15) is 31.0 Å². The van der Waals surface area contributed by atoms with E-state index in [4.69, 9.17) is 0 Å². The Labute approximate surface area is 480 Å². The highest BCUT2D eigenvalue weighted by molar-refractivity contribution is 7.87. The second-order valence-corrected chi connectivity index (χ2v) is 25.2. The van der Waals surface area contributed by atoms with Crippen molar-refractivity contribution in [3.8, 4) is 34.3 Å². The minimum atomic E-state index is -5.36. The second-order valence-electron chi connectivity index (χ2n) is 16.8. The summed E-state index contributed by atoms with van der Waals surface area (Å²) in [6.45, 7) is 0. The first-order valence-corrected chi connectivity index (χ1v) is 30.9. The Kier molecular flexibility index (Phi) is 16.6. The summed E-state index contributed by atoms with van der Waals surface area (Å²) in [5.74, 6) is -5.58. The van der Waals surface area contributed by atoms with Crippen molar-refractivity contribution in [2.24, 2.45) is 40.9 Å². The Bertz CT molecular complexity index is 4700. The summed E-state index contributed by atoms with van der Waals surface area (Å²) >= 11 is 0. The number of hydrogen-bond acceptors (Lipinski definition) is 26. The lowest BCUT2D eigenvalue weighted by molar-refractivity contribution is 0.0680. The average Bonchev–Trinajstić information content (AvgIpc) is 4.20. The number of carboxylic acid groups (broad SMARTS) is 2. The van der Waals surface area contributed by atoms with Crippen molar-refractivity contribution in [3.63, 3.8) is 0 Å². The SMILES string of the molecule is O=C(O)c1nn(-c2ccc(S(=O)(=O)O)cc2)c(O)c1N=Nc1ccc(N=Nc2ccc(-c3ccc(N=Nc4ccc(N=Nc5c(C(=O)O)nn(-c6ccc(S(=O)(=O)O)cc6)c5O)c(S(=O)(=O)O)c4)cc3S(=O)(=O)O)c(S(=O)(=O)O)c2)cc1S(=O)(=O)O. The van der Waals surface area contributed by atoms with Gasteiger partial charge in [-0.25, -0.2) is 9.59 Å². The molecule has 10 N–H and O–H groups in total. The van der Waals surface area contributed by atoms with Crippen molar-refractivity contribution in [1.29, 1.82) is 0 Å². The van der Waals surface area contributed by atoms with Crippen LogP contribution in [-0.2, 0) is 60.7 Å². The molecule has 0 radical (unpaired) electrons. The number of rotatable bonds is 19. The molecule has 0 aliphatic rings. The predicted octanol–water partition coefficient (Wildman–Crippen LogP) is 7.67. The smallest absolute Gasteiger partial charge is 0.358 e. The van der Waals surface area contributed by atoms with Crippen LogP contribution in [0.25, 0.3) is 22.5 Å². The van der Waals surface area contributed by atoms with Gasteiger partial charge in [0.2, 0.25) is 23.1 Å². The Balaban J connectivity index is 1.06. The van der Waals surface area contributed by atoms with Gasteiger partial charge in [-0.05, 0) is 109 Å². The average molecular weight is 1300 g/mol. The van der Waals surface area contributed by atoms with E-state index in [1.54, 1.807) is 0 Å². The third kappa shape index (κ3) is 13.7. The van der Waals surface area contributed by atoms with E-state index < -0.39 is 182 Å². The van der Waals surface area contributed by atoms with Crippen molar-refractivity contribution in [3.05, 3.63) is 133 Å². The van der Waals surface area contributed by atoms with E-state index in [2.05, 4.69) is 51.1 Å². The normalized spacial score (nSPS) is 13.0. The zero-order chi connectivity index (χ0) is 63.2. The van der Waals surface area contributed by atoms with E-state index in [0.717, 1.165) is 97.1 Å². The van der Waals surface area contributed by atoms with Gasteiger partial charge in [-0.15, -0.1) is 20.5 Å². The van der Waals surface area contributed by atoms with E-state index >= 15 is 0 Å². The maximum atomic E-state index is 12.8.